The Morgan fingerprint density at radius 1 is 0.312 bits per heavy atom. The molecule has 0 bridgehead atoms. The van der Waals surface area contributed by atoms with Crippen molar-refractivity contribution in [3.8, 4) is 0 Å². The van der Waals surface area contributed by atoms with E-state index < -0.39 is 0 Å². The molecule has 0 saturated heterocycles. The van der Waals surface area contributed by atoms with E-state index in [1.165, 1.54) is 180 Å². The fourth-order valence-electron chi connectivity index (χ4n) is 4.79. The lowest BCUT2D eigenvalue weighted by molar-refractivity contribution is 0.514. The van der Waals surface area contributed by atoms with Crippen LogP contribution >= 0.6 is 45.2 Å². The highest BCUT2D eigenvalue weighted by molar-refractivity contribution is 14.2. The Labute approximate surface area is 232 Å². The molecule has 0 aromatic carbocycles. The van der Waals surface area contributed by atoms with Crippen molar-refractivity contribution in [1.82, 2.24) is 0 Å². The van der Waals surface area contributed by atoms with Crippen LogP contribution in [0, 0.1) is 0 Å². The molecular formula is C30H60I2. The zero-order valence-corrected chi connectivity index (χ0v) is 26.4. The number of hydrogen-bond acceptors (Lipinski definition) is 0. The Morgan fingerprint density at radius 3 is 0.688 bits per heavy atom. The van der Waals surface area contributed by atoms with Crippen LogP contribution in [0.2, 0.25) is 0 Å². The SMILES string of the molecule is CCCCCCCCCCCCCCCCCCCCCCCCCCCCCC(I)I. The van der Waals surface area contributed by atoms with Gasteiger partial charge in [0.1, 0.15) is 0 Å². The first-order chi connectivity index (χ1) is 15.8. The van der Waals surface area contributed by atoms with Gasteiger partial charge in [0.2, 0.25) is 0 Å². The second-order valence-electron chi connectivity index (χ2n) is 10.4. The standard InChI is InChI=1S/C30H60I2/c1-2-3-4-5-6-7-8-9-10-11-12-13-14-15-16-17-18-19-20-21-22-23-24-25-26-27-28-29-30(31)32/h30H,2-29H2,1H3. The van der Waals surface area contributed by atoms with Gasteiger partial charge in [-0.3, -0.25) is 0 Å². The van der Waals surface area contributed by atoms with Crippen LogP contribution in [0.1, 0.15) is 187 Å². The predicted molar refractivity (Wildman–Crippen MR) is 167 cm³/mol. The Hall–Kier alpha value is 1.46. The number of alkyl halides is 2. The van der Waals surface area contributed by atoms with Crippen LogP contribution in [0.15, 0.2) is 0 Å². The molecule has 0 N–H and O–H groups in total. The summed E-state index contributed by atoms with van der Waals surface area (Å²) in [7, 11) is 0. The minimum absolute atomic E-state index is 0.837. The number of halogens is 2. The summed E-state index contributed by atoms with van der Waals surface area (Å²) in [5.41, 5.74) is 0. The molecule has 0 aliphatic carbocycles. The summed E-state index contributed by atoms with van der Waals surface area (Å²) in [4.78, 5) is 0. The Morgan fingerprint density at radius 2 is 0.500 bits per heavy atom. The van der Waals surface area contributed by atoms with Gasteiger partial charge in [-0.25, -0.2) is 0 Å². The normalized spacial score (nSPS) is 11.6. The first-order valence-corrected chi connectivity index (χ1v) is 17.5. The molecule has 0 aromatic rings. The molecule has 0 amide bonds. The third kappa shape index (κ3) is 31.5. The van der Waals surface area contributed by atoms with Gasteiger partial charge < -0.3 is 0 Å². The first-order valence-electron chi connectivity index (χ1n) is 15.1. The average Bonchev–Trinajstić information content (AvgIpc) is 2.78. The van der Waals surface area contributed by atoms with Crippen molar-refractivity contribution in [2.45, 2.75) is 189 Å². The van der Waals surface area contributed by atoms with Crippen LogP contribution < -0.4 is 0 Å². The average molecular weight is 675 g/mol. The summed E-state index contributed by atoms with van der Waals surface area (Å²) in [5.74, 6) is 0. The molecule has 32 heavy (non-hydrogen) atoms. The van der Waals surface area contributed by atoms with Crippen molar-refractivity contribution in [3.63, 3.8) is 0 Å². The third-order valence-corrected chi connectivity index (χ3v) is 8.27. The highest BCUT2D eigenvalue weighted by Crippen LogP contribution is 2.19. The zero-order chi connectivity index (χ0) is 23.4. The molecule has 2 heteroatoms. The molecule has 0 atom stereocenters. The van der Waals surface area contributed by atoms with E-state index in [0.29, 0.717) is 0 Å². The van der Waals surface area contributed by atoms with Crippen molar-refractivity contribution in [2.75, 3.05) is 0 Å². The topological polar surface area (TPSA) is 0 Å². The van der Waals surface area contributed by atoms with Gasteiger partial charge in [-0.05, 0) is 6.42 Å². The number of rotatable bonds is 28. The van der Waals surface area contributed by atoms with Gasteiger partial charge in [0.15, 0.2) is 0 Å². The molecule has 0 unspecified atom stereocenters. The summed E-state index contributed by atoms with van der Waals surface area (Å²) in [6.07, 6.45) is 41.3. The molecule has 0 aliphatic rings. The van der Waals surface area contributed by atoms with Crippen molar-refractivity contribution in [3.05, 3.63) is 0 Å². The molecule has 0 fully saturated rings. The summed E-state index contributed by atoms with van der Waals surface area (Å²) >= 11 is 5.08. The maximum absolute atomic E-state index is 2.54. The lowest BCUT2D eigenvalue weighted by Gasteiger charge is -2.05. The van der Waals surface area contributed by atoms with Gasteiger partial charge in [-0.2, -0.15) is 0 Å². The zero-order valence-electron chi connectivity index (χ0n) is 22.1. The molecule has 0 spiro atoms. The van der Waals surface area contributed by atoms with Crippen LogP contribution in [0.25, 0.3) is 0 Å². The van der Waals surface area contributed by atoms with Gasteiger partial charge in [-0.15, -0.1) is 0 Å². The largest absolute Gasteiger partial charge is 0.0710 e. The smallest absolute Gasteiger partial charge is 0.0626 e. The van der Waals surface area contributed by atoms with Gasteiger partial charge >= 0.3 is 0 Å². The second kappa shape index (κ2) is 30.5. The predicted octanol–water partition coefficient (Wildman–Crippen LogP) is 13.1. The minimum atomic E-state index is 0.837. The van der Waals surface area contributed by atoms with Gasteiger partial charge in [-0.1, -0.05) is 225 Å². The van der Waals surface area contributed by atoms with E-state index in [4.69, 9.17) is 0 Å². The van der Waals surface area contributed by atoms with E-state index in [9.17, 15) is 0 Å². The van der Waals surface area contributed by atoms with Gasteiger partial charge in [0.25, 0.3) is 0 Å². The monoisotopic (exact) mass is 674 g/mol. The van der Waals surface area contributed by atoms with E-state index in [2.05, 4.69) is 52.1 Å². The lowest BCUT2D eigenvalue weighted by atomic mass is 10.0. The van der Waals surface area contributed by atoms with Gasteiger partial charge in [0, 0.05) is 0 Å². The van der Waals surface area contributed by atoms with E-state index in [0.717, 1.165) is 1.93 Å². The van der Waals surface area contributed by atoms with E-state index in [1.54, 1.807) is 0 Å². The highest BCUT2D eigenvalue weighted by Gasteiger charge is 1.98. The molecule has 0 saturated carbocycles. The fourth-order valence-corrected chi connectivity index (χ4v) is 5.67. The van der Waals surface area contributed by atoms with E-state index >= 15 is 0 Å². The Kier molecular flexibility index (Phi) is 31.9. The maximum atomic E-state index is 2.54. The summed E-state index contributed by atoms with van der Waals surface area (Å²) < 4.78 is 0.837. The van der Waals surface area contributed by atoms with Crippen LogP contribution in [0.4, 0.5) is 0 Å². The quantitative estimate of drug-likeness (QED) is 0.0440. The van der Waals surface area contributed by atoms with Crippen LogP contribution in [-0.4, -0.2) is 1.93 Å². The Bertz CT molecular complexity index is 316. The van der Waals surface area contributed by atoms with E-state index in [1.807, 2.05) is 0 Å². The maximum Gasteiger partial charge on any atom is 0.0626 e. The Balaban J connectivity index is 3.00. The van der Waals surface area contributed by atoms with Crippen LogP contribution in [0.3, 0.4) is 0 Å². The highest BCUT2D eigenvalue weighted by atomic mass is 127. The molecule has 0 radical (unpaired) electrons. The summed E-state index contributed by atoms with van der Waals surface area (Å²) in [5, 5.41) is 0. The third-order valence-electron chi connectivity index (χ3n) is 7.03. The second-order valence-corrected chi connectivity index (χ2v) is 15.8. The molecule has 0 aromatic heterocycles. The minimum Gasteiger partial charge on any atom is -0.0710 e. The van der Waals surface area contributed by atoms with E-state index in [-0.39, 0.29) is 0 Å². The van der Waals surface area contributed by atoms with Crippen molar-refractivity contribution >= 4 is 45.2 Å². The lowest BCUT2D eigenvalue weighted by Crippen LogP contribution is -1.86. The molecule has 0 rings (SSSR count). The fraction of sp³-hybridized carbons (Fsp3) is 1.00. The van der Waals surface area contributed by atoms with Crippen molar-refractivity contribution in [2.24, 2.45) is 0 Å². The molecule has 0 aliphatic heterocycles. The summed E-state index contributed by atoms with van der Waals surface area (Å²) in [6.45, 7) is 2.31. The summed E-state index contributed by atoms with van der Waals surface area (Å²) in [6, 6.07) is 0. The first kappa shape index (κ1) is 33.5. The number of unbranched alkanes of at least 4 members (excludes halogenated alkanes) is 26. The molecule has 0 heterocycles. The number of hydrogen-bond donors (Lipinski definition) is 0. The molecule has 194 valence electrons. The molecular weight excluding hydrogens is 614 g/mol. The van der Waals surface area contributed by atoms with Crippen molar-refractivity contribution in [1.29, 1.82) is 0 Å². The van der Waals surface area contributed by atoms with Crippen molar-refractivity contribution < 1.29 is 0 Å². The van der Waals surface area contributed by atoms with Crippen LogP contribution in [0.5, 0.6) is 0 Å². The van der Waals surface area contributed by atoms with Crippen LogP contribution in [-0.2, 0) is 0 Å². The van der Waals surface area contributed by atoms with Gasteiger partial charge in [0.05, 0.1) is 1.93 Å². The molecule has 0 nitrogen and oxygen atoms in total.